The van der Waals surface area contributed by atoms with Crippen LogP contribution >= 0.6 is 0 Å². The molecule has 1 aliphatic heterocycles. The number of hydrogen-bond donors (Lipinski definition) is 0. The highest BCUT2D eigenvalue weighted by Crippen LogP contribution is 2.53. The molecule has 1 aromatic heterocycles. The first-order valence-corrected chi connectivity index (χ1v) is 9.08. The molecule has 24 heavy (non-hydrogen) atoms. The summed E-state index contributed by atoms with van der Waals surface area (Å²) in [4.78, 5) is 20.3. The monoisotopic (exact) mass is 325 g/mol. The molecule has 2 atom stereocenters. The molecule has 2 fully saturated rings. The Kier molecular flexibility index (Phi) is 3.32. The zero-order valence-electron chi connectivity index (χ0n) is 15.2. The Morgan fingerprint density at radius 2 is 1.96 bits per heavy atom. The molecule has 1 saturated heterocycles. The van der Waals surface area contributed by atoms with E-state index in [0.717, 1.165) is 23.4 Å². The Balaban J connectivity index is 1.87. The van der Waals surface area contributed by atoms with Gasteiger partial charge in [0.05, 0.1) is 10.9 Å². The zero-order valence-corrected chi connectivity index (χ0v) is 15.2. The minimum Gasteiger partial charge on any atom is -0.339 e. The SMILES string of the molecule is CCn1c(N2C[C@@]3(C)C[C@@H]2CC(C)(C)C3)nc2ccccc2c1=O. The standard InChI is InChI=1S/C20H27N3O/c1-5-22-17(24)15-8-6-7-9-16(15)21-18(22)23-13-20(4)11-14(23)10-19(2,3)12-20/h6-9,14H,5,10-13H2,1-4H3/t14-,20-/m0/s1. The molecular formula is C20H27N3O. The normalized spacial score (nSPS) is 28.5. The minimum atomic E-state index is 0.0870. The summed E-state index contributed by atoms with van der Waals surface area (Å²) < 4.78 is 1.86. The average molecular weight is 325 g/mol. The molecule has 1 aromatic carbocycles. The fourth-order valence-corrected chi connectivity index (χ4v) is 5.35. The second-order valence-electron chi connectivity index (χ2n) is 8.82. The lowest BCUT2D eigenvalue weighted by molar-refractivity contribution is 0.136. The molecule has 1 saturated carbocycles. The van der Waals surface area contributed by atoms with Crippen molar-refractivity contribution in [2.75, 3.05) is 11.4 Å². The van der Waals surface area contributed by atoms with Gasteiger partial charge in [-0.25, -0.2) is 4.98 Å². The summed E-state index contributed by atoms with van der Waals surface area (Å²) in [5.74, 6) is 0.868. The average Bonchev–Trinajstić information content (AvgIpc) is 2.76. The van der Waals surface area contributed by atoms with Gasteiger partial charge in [0.15, 0.2) is 0 Å². The van der Waals surface area contributed by atoms with Crippen LogP contribution < -0.4 is 10.5 Å². The quantitative estimate of drug-likeness (QED) is 0.842. The van der Waals surface area contributed by atoms with Crippen molar-refractivity contribution in [1.29, 1.82) is 0 Å². The van der Waals surface area contributed by atoms with Crippen LogP contribution in [-0.4, -0.2) is 22.1 Å². The van der Waals surface area contributed by atoms with Crippen LogP contribution in [0.25, 0.3) is 10.9 Å². The Bertz CT molecular complexity index is 854. The number of benzene rings is 1. The van der Waals surface area contributed by atoms with Gasteiger partial charge in [-0.3, -0.25) is 9.36 Å². The largest absolute Gasteiger partial charge is 0.339 e. The number of hydrogen-bond acceptors (Lipinski definition) is 3. The third-order valence-corrected chi connectivity index (χ3v) is 5.83. The van der Waals surface area contributed by atoms with Gasteiger partial charge in [0.2, 0.25) is 5.95 Å². The van der Waals surface area contributed by atoms with Crippen LogP contribution in [0.5, 0.6) is 0 Å². The van der Waals surface area contributed by atoms with Crippen LogP contribution in [0.3, 0.4) is 0 Å². The predicted octanol–water partition coefficient (Wildman–Crippen LogP) is 3.82. The van der Waals surface area contributed by atoms with Crippen molar-refractivity contribution < 1.29 is 0 Å². The van der Waals surface area contributed by atoms with Crippen LogP contribution in [-0.2, 0) is 6.54 Å². The van der Waals surface area contributed by atoms with E-state index in [4.69, 9.17) is 4.98 Å². The lowest BCUT2D eigenvalue weighted by Gasteiger charge is -2.39. The van der Waals surface area contributed by atoms with E-state index in [2.05, 4.69) is 25.7 Å². The van der Waals surface area contributed by atoms with Crippen LogP contribution in [0.4, 0.5) is 5.95 Å². The summed E-state index contributed by atoms with van der Waals surface area (Å²) in [6.07, 6.45) is 3.63. The molecule has 0 N–H and O–H groups in total. The number of nitrogens with zero attached hydrogens (tertiary/aromatic N) is 3. The van der Waals surface area contributed by atoms with Crippen molar-refractivity contribution in [3.8, 4) is 0 Å². The minimum absolute atomic E-state index is 0.0870. The maximum absolute atomic E-state index is 12.9. The lowest BCUT2D eigenvalue weighted by atomic mass is 9.65. The summed E-state index contributed by atoms with van der Waals surface area (Å²) in [6, 6.07) is 8.20. The highest BCUT2D eigenvalue weighted by atomic mass is 16.1. The molecule has 0 radical (unpaired) electrons. The number of para-hydroxylation sites is 1. The molecule has 0 amide bonds. The van der Waals surface area contributed by atoms with Crippen molar-refractivity contribution in [3.05, 3.63) is 34.6 Å². The van der Waals surface area contributed by atoms with Crippen LogP contribution in [0.2, 0.25) is 0 Å². The second kappa shape index (κ2) is 5.08. The molecule has 1 aliphatic carbocycles. The van der Waals surface area contributed by atoms with Crippen LogP contribution in [0.1, 0.15) is 47.0 Å². The van der Waals surface area contributed by atoms with Crippen LogP contribution in [0.15, 0.2) is 29.1 Å². The molecule has 4 heteroatoms. The van der Waals surface area contributed by atoms with Gasteiger partial charge in [0.1, 0.15) is 0 Å². The van der Waals surface area contributed by atoms with Gasteiger partial charge in [-0.1, -0.05) is 32.9 Å². The van der Waals surface area contributed by atoms with Crippen LogP contribution in [0, 0.1) is 10.8 Å². The number of anilines is 1. The summed E-state index contributed by atoms with van der Waals surface area (Å²) in [5.41, 5.74) is 1.59. The maximum Gasteiger partial charge on any atom is 0.262 e. The third kappa shape index (κ3) is 2.35. The molecule has 2 aliphatic rings. The van der Waals surface area contributed by atoms with Gasteiger partial charge < -0.3 is 4.90 Å². The third-order valence-electron chi connectivity index (χ3n) is 5.83. The molecule has 2 heterocycles. The molecule has 0 unspecified atom stereocenters. The number of aromatic nitrogens is 2. The number of fused-ring (bicyclic) bond motifs is 3. The summed E-state index contributed by atoms with van der Waals surface area (Å²) in [7, 11) is 0. The Morgan fingerprint density at radius 3 is 2.71 bits per heavy atom. The van der Waals surface area contributed by atoms with E-state index in [-0.39, 0.29) is 5.56 Å². The molecule has 4 nitrogen and oxygen atoms in total. The van der Waals surface area contributed by atoms with E-state index in [9.17, 15) is 4.79 Å². The molecule has 2 bridgehead atoms. The van der Waals surface area contributed by atoms with Gasteiger partial charge in [0, 0.05) is 19.1 Å². The molecular weight excluding hydrogens is 298 g/mol. The fourth-order valence-electron chi connectivity index (χ4n) is 5.35. The van der Waals surface area contributed by atoms with E-state index in [0.29, 0.717) is 23.4 Å². The first-order valence-electron chi connectivity index (χ1n) is 9.08. The van der Waals surface area contributed by atoms with Gasteiger partial charge in [-0.15, -0.1) is 0 Å². The summed E-state index contributed by atoms with van der Waals surface area (Å²) >= 11 is 0. The van der Waals surface area contributed by atoms with Gasteiger partial charge in [-0.2, -0.15) is 0 Å². The molecule has 2 aromatic rings. The summed E-state index contributed by atoms with van der Waals surface area (Å²) in [5, 5.41) is 0.719. The van der Waals surface area contributed by atoms with Gasteiger partial charge in [0.25, 0.3) is 5.56 Å². The molecule has 0 spiro atoms. The van der Waals surface area contributed by atoms with Gasteiger partial charge >= 0.3 is 0 Å². The topological polar surface area (TPSA) is 38.1 Å². The fraction of sp³-hybridized carbons (Fsp3) is 0.600. The Morgan fingerprint density at radius 1 is 1.21 bits per heavy atom. The van der Waals surface area contributed by atoms with E-state index >= 15 is 0 Å². The van der Waals surface area contributed by atoms with E-state index in [1.54, 1.807) is 0 Å². The molecule has 128 valence electrons. The van der Waals surface area contributed by atoms with Crippen molar-refractivity contribution in [3.63, 3.8) is 0 Å². The van der Waals surface area contributed by atoms with E-state index < -0.39 is 0 Å². The first kappa shape index (κ1) is 15.7. The Labute approximate surface area is 143 Å². The van der Waals surface area contributed by atoms with Gasteiger partial charge in [-0.05, 0) is 49.1 Å². The lowest BCUT2D eigenvalue weighted by Crippen LogP contribution is -2.38. The highest BCUT2D eigenvalue weighted by molar-refractivity contribution is 5.78. The Hall–Kier alpha value is -1.84. The maximum atomic E-state index is 12.9. The second-order valence-corrected chi connectivity index (χ2v) is 8.82. The predicted molar refractivity (Wildman–Crippen MR) is 98.6 cm³/mol. The highest BCUT2D eigenvalue weighted by Gasteiger charge is 2.50. The van der Waals surface area contributed by atoms with Crippen molar-refractivity contribution in [1.82, 2.24) is 9.55 Å². The molecule has 4 rings (SSSR count). The zero-order chi connectivity index (χ0) is 17.1. The van der Waals surface area contributed by atoms with Crippen molar-refractivity contribution in [2.24, 2.45) is 10.8 Å². The smallest absolute Gasteiger partial charge is 0.262 e. The van der Waals surface area contributed by atoms with Crippen molar-refractivity contribution in [2.45, 2.75) is 59.5 Å². The van der Waals surface area contributed by atoms with E-state index in [1.165, 1.54) is 19.3 Å². The number of rotatable bonds is 2. The van der Waals surface area contributed by atoms with E-state index in [1.807, 2.05) is 35.8 Å². The summed E-state index contributed by atoms with van der Waals surface area (Å²) in [6.45, 7) is 10.9. The first-order chi connectivity index (χ1) is 11.3. The van der Waals surface area contributed by atoms with Crippen molar-refractivity contribution >= 4 is 16.9 Å².